The minimum atomic E-state index is -1.32. The van der Waals surface area contributed by atoms with Crippen molar-refractivity contribution in [2.24, 2.45) is 52.8 Å². The van der Waals surface area contributed by atoms with Gasteiger partial charge in [-0.25, -0.2) is 4.79 Å². The lowest BCUT2D eigenvalue weighted by Crippen LogP contribution is -2.64. The van der Waals surface area contributed by atoms with E-state index in [0.717, 1.165) is 37.7 Å². The van der Waals surface area contributed by atoms with Gasteiger partial charge in [0.05, 0.1) is 42.6 Å². The summed E-state index contributed by atoms with van der Waals surface area (Å²) in [7, 11) is 0. The molecule has 0 spiro atoms. The van der Waals surface area contributed by atoms with Gasteiger partial charge in [0, 0.05) is 35.0 Å². The van der Waals surface area contributed by atoms with E-state index >= 15 is 0 Å². The van der Waals surface area contributed by atoms with Crippen LogP contribution in [0.4, 0.5) is 4.79 Å². The van der Waals surface area contributed by atoms with E-state index in [1.165, 1.54) is 10.1 Å². The van der Waals surface area contributed by atoms with Gasteiger partial charge in [0.1, 0.15) is 6.10 Å². The first-order chi connectivity index (χ1) is 21.6. The van der Waals surface area contributed by atoms with E-state index in [-0.39, 0.29) is 41.4 Å². The molecule has 0 aromatic carbocycles. The number of nitrogens with zero attached hydrogens (tertiary/aromatic N) is 1. The second-order valence-electron chi connectivity index (χ2n) is 14.9. The molecule has 2 bridgehead atoms. The predicted octanol–water partition coefficient (Wildman–Crippen LogP) is 6.67. The molecular formula is C35H45NO8S. The van der Waals surface area contributed by atoms with Crippen molar-refractivity contribution in [2.75, 3.05) is 19.8 Å². The van der Waals surface area contributed by atoms with Gasteiger partial charge in [-0.2, -0.15) is 0 Å². The predicted molar refractivity (Wildman–Crippen MR) is 168 cm³/mol. The van der Waals surface area contributed by atoms with Gasteiger partial charge in [-0.3, -0.25) is 9.59 Å². The zero-order chi connectivity index (χ0) is 31.6. The van der Waals surface area contributed by atoms with Gasteiger partial charge < -0.3 is 29.0 Å². The minimum absolute atomic E-state index is 0.00523. The summed E-state index contributed by atoms with van der Waals surface area (Å²) in [6.07, 6.45) is 8.26. The second-order valence-corrected chi connectivity index (χ2v) is 15.8. The summed E-state index contributed by atoms with van der Waals surface area (Å²) in [5.41, 5.74) is 0.537. The van der Waals surface area contributed by atoms with Crippen LogP contribution in [0.25, 0.3) is 10.1 Å². The third-order valence-electron chi connectivity index (χ3n) is 12.0. The number of hydrogen-bond acceptors (Lipinski definition) is 7. The van der Waals surface area contributed by atoms with Gasteiger partial charge in [0.2, 0.25) is 0 Å². The quantitative estimate of drug-likeness (QED) is 0.307. The van der Waals surface area contributed by atoms with Crippen molar-refractivity contribution < 1.29 is 38.8 Å². The molecule has 2 aromatic heterocycles. The maximum atomic E-state index is 14.0. The number of allylic oxidation sites excluding steroid dienone is 1. The molecule has 4 aliphatic carbocycles. The first-order valence-corrected chi connectivity index (χ1v) is 17.6. The van der Waals surface area contributed by atoms with Crippen molar-refractivity contribution in [2.45, 2.75) is 77.5 Å². The fourth-order valence-electron chi connectivity index (χ4n) is 10.4. The highest BCUT2D eigenvalue weighted by Crippen LogP contribution is 2.64. The summed E-state index contributed by atoms with van der Waals surface area (Å²) < 4.78 is 21.9. The number of carbonyl (C=O) groups is 3. The number of rotatable bonds is 8. The molecule has 7 rings (SSSR count). The van der Waals surface area contributed by atoms with Crippen LogP contribution in [-0.2, 0) is 23.8 Å². The summed E-state index contributed by atoms with van der Waals surface area (Å²) in [4.78, 5) is 38.7. The molecule has 3 saturated carbocycles. The zero-order valence-electron chi connectivity index (χ0n) is 26.3. The molecule has 0 amide bonds. The number of thiophene rings is 1. The lowest BCUT2D eigenvalue weighted by atomic mass is 9.45. The number of fused-ring (bicyclic) bond motifs is 4. The van der Waals surface area contributed by atoms with Crippen LogP contribution in [0, 0.1) is 52.8 Å². The normalized spacial score (nSPS) is 38.2. The van der Waals surface area contributed by atoms with Gasteiger partial charge in [-0.15, -0.1) is 11.3 Å². The Balaban J connectivity index is 1.17. The van der Waals surface area contributed by atoms with Crippen LogP contribution in [0.1, 0.15) is 65.3 Å². The molecule has 7 unspecified atom stereocenters. The Kier molecular flexibility index (Phi) is 8.14. The Morgan fingerprint density at radius 3 is 2.69 bits per heavy atom. The van der Waals surface area contributed by atoms with Gasteiger partial charge in [-0.1, -0.05) is 19.4 Å². The fraction of sp³-hybridized carbons (Fsp3) is 0.686. The zero-order valence-corrected chi connectivity index (χ0v) is 27.1. The highest BCUT2D eigenvalue weighted by atomic mass is 32.1. The van der Waals surface area contributed by atoms with Crippen molar-refractivity contribution in [3.05, 3.63) is 35.5 Å². The molecule has 11 atom stereocenters. The van der Waals surface area contributed by atoms with Crippen molar-refractivity contribution in [3.63, 3.8) is 0 Å². The number of carbonyl (C=O) groups excluding carboxylic acids is 1. The molecule has 2 N–H and O–H groups in total. The van der Waals surface area contributed by atoms with Gasteiger partial charge >= 0.3 is 12.1 Å². The van der Waals surface area contributed by atoms with Crippen LogP contribution < -0.4 is 0 Å². The van der Waals surface area contributed by atoms with E-state index in [4.69, 9.17) is 14.2 Å². The maximum absolute atomic E-state index is 14.0. The van der Waals surface area contributed by atoms with Crippen molar-refractivity contribution in [1.82, 2.24) is 4.57 Å². The SMILES string of the molecule is CC(C)CC1CCC2C3CCC4C5COC[C@@]4(C[C@@H](OC(=O)O)[C@@H]5OCC(C)n4cc5ccsc5c4)C3=CC(=O)C2[C@@H]1C(=O)O. The van der Waals surface area contributed by atoms with E-state index in [2.05, 4.69) is 49.2 Å². The fourth-order valence-corrected chi connectivity index (χ4v) is 11.2. The van der Waals surface area contributed by atoms with E-state index < -0.39 is 41.6 Å². The van der Waals surface area contributed by atoms with Crippen LogP contribution in [0.2, 0.25) is 0 Å². The Hall–Kier alpha value is -2.69. The van der Waals surface area contributed by atoms with E-state index in [9.17, 15) is 24.6 Å². The largest absolute Gasteiger partial charge is 0.506 e. The Morgan fingerprint density at radius 2 is 1.96 bits per heavy atom. The summed E-state index contributed by atoms with van der Waals surface area (Å²) in [6, 6.07) is 2.15. The van der Waals surface area contributed by atoms with Gasteiger partial charge in [-0.05, 0) is 92.6 Å². The standard InChI is InChI=1S/C35H45NO8S/c1-18(2)10-20-4-5-23-22-6-7-25-24-16-42-17-35(25,26(22)11-27(37)31(23)30(20)33(38)39)12-28(44-34(40)41)32(24)43-15-19(3)36-13-21-8-9-45-29(21)14-36/h8-9,11,13-14,18-20,22-25,28,30-32H,4-7,10,12,15-17H2,1-3H3,(H,38,39)(H,40,41)/t19?,20?,22?,23?,24?,25?,28-,30-,31?,32-,35-/m1/s1. The van der Waals surface area contributed by atoms with Crippen LogP contribution in [0.5, 0.6) is 0 Å². The van der Waals surface area contributed by atoms with Crippen LogP contribution in [-0.4, -0.2) is 64.7 Å². The Bertz CT molecular complexity index is 1460. The molecule has 3 heterocycles. The number of ketones is 1. The second kappa shape index (κ2) is 11.8. The first kappa shape index (κ1) is 30.9. The van der Waals surface area contributed by atoms with Gasteiger partial charge in [0.15, 0.2) is 5.78 Å². The smallest absolute Gasteiger partial charge is 0.481 e. The Morgan fingerprint density at radius 1 is 1.13 bits per heavy atom. The molecule has 2 aromatic rings. The summed E-state index contributed by atoms with van der Waals surface area (Å²) in [6.45, 7) is 7.61. The molecule has 0 radical (unpaired) electrons. The van der Waals surface area contributed by atoms with Crippen LogP contribution >= 0.6 is 11.3 Å². The average Bonchev–Trinajstić information content (AvgIpc) is 3.59. The third kappa shape index (κ3) is 5.25. The number of aliphatic carboxylic acids is 1. The molecule has 1 saturated heterocycles. The molecule has 45 heavy (non-hydrogen) atoms. The van der Waals surface area contributed by atoms with Crippen molar-refractivity contribution >= 4 is 39.3 Å². The topological polar surface area (TPSA) is 124 Å². The first-order valence-electron chi connectivity index (χ1n) is 16.7. The van der Waals surface area contributed by atoms with Crippen molar-refractivity contribution in [1.29, 1.82) is 0 Å². The highest BCUT2D eigenvalue weighted by molar-refractivity contribution is 7.17. The van der Waals surface area contributed by atoms with E-state index in [1.807, 2.05) is 0 Å². The average molecular weight is 640 g/mol. The van der Waals surface area contributed by atoms with E-state index in [0.29, 0.717) is 32.2 Å². The lowest BCUT2D eigenvalue weighted by Gasteiger charge is -2.62. The number of carboxylic acid groups (broad SMARTS) is 2. The Labute approximate surface area is 267 Å². The van der Waals surface area contributed by atoms with Gasteiger partial charge in [0.25, 0.3) is 0 Å². The van der Waals surface area contributed by atoms with Crippen LogP contribution in [0.3, 0.4) is 0 Å². The molecule has 4 fully saturated rings. The monoisotopic (exact) mass is 639 g/mol. The summed E-state index contributed by atoms with van der Waals surface area (Å²) in [5.74, 6) is -1.51. The number of aromatic nitrogens is 1. The summed E-state index contributed by atoms with van der Waals surface area (Å²) >= 11 is 1.70. The molecule has 1 aliphatic heterocycles. The number of ether oxygens (including phenoxy) is 3. The lowest BCUT2D eigenvalue weighted by molar-refractivity contribution is -0.219. The van der Waals surface area contributed by atoms with Crippen molar-refractivity contribution in [3.8, 4) is 0 Å². The van der Waals surface area contributed by atoms with E-state index in [1.54, 1.807) is 17.4 Å². The number of hydrogen-bond donors (Lipinski definition) is 2. The molecule has 244 valence electrons. The maximum Gasteiger partial charge on any atom is 0.506 e. The highest BCUT2D eigenvalue weighted by Gasteiger charge is 2.64. The molecule has 5 aliphatic rings. The molecule has 10 heteroatoms. The summed E-state index contributed by atoms with van der Waals surface area (Å²) in [5, 5.41) is 23.4. The third-order valence-corrected chi connectivity index (χ3v) is 12.9. The van der Waals surface area contributed by atoms with Crippen LogP contribution in [0.15, 0.2) is 35.5 Å². The minimum Gasteiger partial charge on any atom is -0.481 e. The molecular weight excluding hydrogens is 594 g/mol. The number of carboxylic acids is 1. The molecule has 9 nitrogen and oxygen atoms in total.